The Balaban J connectivity index is 1.56. The first-order chi connectivity index (χ1) is 13.2. The maximum Gasteiger partial charge on any atom is 0.270 e. The number of amides is 3. The molecule has 28 heavy (non-hydrogen) atoms. The van der Waals surface area contributed by atoms with Crippen molar-refractivity contribution in [2.45, 2.75) is 39.7 Å². The lowest BCUT2D eigenvalue weighted by molar-refractivity contribution is -0.148. The van der Waals surface area contributed by atoms with Gasteiger partial charge in [-0.2, -0.15) is 0 Å². The van der Waals surface area contributed by atoms with Gasteiger partial charge in [0.1, 0.15) is 16.8 Å². The summed E-state index contributed by atoms with van der Waals surface area (Å²) in [5, 5.41) is 3.98. The monoisotopic (exact) mass is 385 g/mol. The molecule has 8 heteroatoms. The quantitative estimate of drug-likeness (QED) is 0.674. The largest absolute Gasteiger partial charge is 0.369 e. The van der Waals surface area contributed by atoms with Crippen LogP contribution in [0.1, 0.15) is 44.1 Å². The molecule has 0 bridgehead atoms. The molecule has 1 saturated heterocycles. The van der Waals surface area contributed by atoms with E-state index in [1.165, 1.54) is 0 Å². The van der Waals surface area contributed by atoms with E-state index < -0.39 is 11.3 Å². The summed E-state index contributed by atoms with van der Waals surface area (Å²) >= 11 is 0. The highest BCUT2D eigenvalue weighted by atomic mass is 16.2. The predicted octanol–water partition coefficient (Wildman–Crippen LogP) is 1.43. The minimum absolute atomic E-state index is 0.0463. The molecular weight excluding hydrogens is 358 g/mol. The van der Waals surface area contributed by atoms with Crippen LogP contribution < -0.4 is 11.1 Å². The minimum Gasteiger partial charge on any atom is -0.369 e. The summed E-state index contributed by atoms with van der Waals surface area (Å²) in [5.41, 5.74) is 5.21. The molecule has 0 aromatic carbocycles. The van der Waals surface area contributed by atoms with E-state index in [2.05, 4.69) is 15.3 Å². The normalized spacial score (nSPS) is 16.8. The molecule has 8 nitrogen and oxygen atoms in total. The van der Waals surface area contributed by atoms with Gasteiger partial charge in [-0.15, -0.1) is 0 Å². The molecule has 0 saturated carbocycles. The fourth-order valence-electron chi connectivity index (χ4n) is 3.56. The van der Waals surface area contributed by atoms with Gasteiger partial charge in [0.25, 0.3) is 5.91 Å². The van der Waals surface area contributed by atoms with Crippen molar-refractivity contribution >= 4 is 28.8 Å². The number of likely N-dealkylation sites (tertiary alicyclic amines) is 1. The van der Waals surface area contributed by atoms with Gasteiger partial charge in [0.05, 0.1) is 0 Å². The van der Waals surface area contributed by atoms with Gasteiger partial charge in [0.2, 0.25) is 11.8 Å². The number of hydrogen-bond donors (Lipinski definition) is 3. The van der Waals surface area contributed by atoms with Crippen LogP contribution in [0.5, 0.6) is 0 Å². The molecule has 3 rings (SSSR count). The van der Waals surface area contributed by atoms with Gasteiger partial charge >= 0.3 is 0 Å². The molecule has 1 atom stereocenters. The number of H-pyrrole nitrogens is 1. The van der Waals surface area contributed by atoms with Gasteiger partial charge in [0, 0.05) is 30.7 Å². The van der Waals surface area contributed by atoms with Crippen LogP contribution >= 0.6 is 0 Å². The molecule has 2 aromatic heterocycles. The Morgan fingerprint density at radius 3 is 2.57 bits per heavy atom. The number of nitrogens with two attached hydrogens (primary N) is 1. The lowest BCUT2D eigenvalue weighted by atomic mass is 9.86. The van der Waals surface area contributed by atoms with Crippen LogP contribution in [0.2, 0.25) is 0 Å². The molecule has 1 fully saturated rings. The number of carbonyl (C=O) groups is 3. The fourth-order valence-corrected chi connectivity index (χ4v) is 3.56. The van der Waals surface area contributed by atoms with Crippen LogP contribution in [0.15, 0.2) is 24.4 Å². The summed E-state index contributed by atoms with van der Waals surface area (Å²) in [6.07, 6.45) is 3.30. The van der Waals surface area contributed by atoms with E-state index in [-0.39, 0.29) is 23.8 Å². The number of primary amides is 1. The standard InChI is InChI=1S/C20H27N5O3/c1-12(23-17(26)15-5-4-14-6-9-22-16(14)24-15)13-7-10-25(11-8-13)19(28)20(2,3)18(21)27/h4-6,9,12-13H,7-8,10-11H2,1-3H3,(H2,21,27)(H,22,24)(H,23,26)/t12-/m1/s1. The molecular formula is C20H27N5O3. The maximum absolute atomic E-state index is 12.5. The van der Waals surface area contributed by atoms with Gasteiger partial charge in [-0.1, -0.05) is 0 Å². The van der Waals surface area contributed by atoms with Crippen molar-refractivity contribution < 1.29 is 14.4 Å². The zero-order valence-corrected chi connectivity index (χ0v) is 16.5. The summed E-state index contributed by atoms with van der Waals surface area (Å²) < 4.78 is 0. The minimum atomic E-state index is -1.20. The van der Waals surface area contributed by atoms with Crippen LogP contribution in [-0.2, 0) is 9.59 Å². The van der Waals surface area contributed by atoms with E-state index >= 15 is 0 Å². The van der Waals surface area contributed by atoms with Crippen molar-refractivity contribution in [3.05, 3.63) is 30.1 Å². The number of aromatic nitrogens is 2. The third kappa shape index (κ3) is 3.85. The second-order valence-corrected chi connectivity index (χ2v) is 7.99. The number of carbonyl (C=O) groups excluding carboxylic acids is 3. The van der Waals surface area contributed by atoms with Gasteiger partial charge in [-0.3, -0.25) is 14.4 Å². The molecule has 0 spiro atoms. The second kappa shape index (κ2) is 7.61. The Kier molecular flexibility index (Phi) is 5.40. The van der Waals surface area contributed by atoms with Crippen LogP contribution in [0, 0.1) is 11.3 Å². The first kappa shape index (κ1) is 19.9. The summed E-state index contributed by atoms with van der Waals surface area (Å²) in [4.78, 5) is 45.6. The summed E-state index contributed by atoms with van der Waals surface area (Å²) in [6.45, 7) is 6.18. The smallest absolute Gasteiger partial charge is 0.270 e. The Bertz CT molecular complexity index is 896. The Morgan fingerprint density at radius 2 is 1.93 bits per heavy atom. The first-order valence-corrected chi connectivity index (χ1v) is 9.54. The third-order valence-electron chi connectivity index (χ3n) is 5.69. The molecule has 150 valence electrons. The van der Waals surface area contributed by atoms with Crippen LogP contribution in [0.25, 0.3) is 11.0 Å². The molecule has 3 heterocycles. The molecule has 0 radical (unpaired) electrons. The summed E-state index contributed by atoms with van der Waals surface area (Å²) in [5.74, 6) is -0.818. The number of aromatic amines is 1. The Hall–Kier alpha value is -2.90. The average Bonchev–Trinajstić information content (AvgIpc) is 3.15. The molecule has 3 amide bonds. The topological polar surface area (TPSA) is 121 Å². The Labute approximate surface area is 163 Å². The number of rotatable bonds is 5. The highest BCUT2D eigenvalue weighted by Gasteiger charge is 2.39. The number of fused-ring (bicyclic) bond motifs is 1. The van der Waals surface area contributed by atoms with E-state index in [1.807, 2.05) is 19.1 Å². The zero-order valence-electron chi connectivity index (χ0n) is 16.5. The molecule has 4 N–H and O–H groups in total. The molecule has 2 aromatic rings. The van der Waals surface area contributed by atoms with Crippen LogP contribution in [0.4, 0.5) is 0 Å². The summed E-state index contributed by atoms with van der Waals surface area (Å²) in [6, 6.07) is 5.44. The van der Waals surface area contributed by atoms with Gasteiger partial charge in [-0.05, 0) is 57.7 Å². The SMILES string of the molecule is C[C@@H](NC(=O)c1ccc2cc[nH]c2n1)C1CCN(C(=O)C(C)(C)C(N)=O)CC1. The molecule has 1 aliphatic heterocycles. The number of nitrogens with zero attached hydrogens (tertiary/aromatic N) is 2. The number of pyridine rings is 1. The summed E-state index contributed by atoms with van der Waals surface area (Å²) in [7, 11) is 0. The van der Waals surface area contributed by atoms with E-state index in [0.29, 0.717) is 24.4 Å². The van der Waals surface area contributed by atoms with Crippen LogP contribution in [0.3, 0.4) is 0 Å². The van der Waals surface area contributed by atoms with Gasteiger partial charge in [0.15, 0.2) is 0 Å². The van der Waals surface area contributed by atoms with Crippen molar-refractivity contribution in [3.8, 4) is 0 Å². The number of nitrogens with one attached hydrogen (secondary N) is 2. The van der Waals surface area contributed by atoms with Crippen molar-refractivity contribution in [2.24, 2.45) is 17.1 Å². The first-order valence-electron chi connectivity index (χ1n) is 9.54. The third-order valence-corrected chi connectivity index (χ3v) is 5.69. The second-order valence-electron chi connectivity index (χ2n) is 7.99. The highest BCUT2D eigenvalue weighted by molar-refractivity contribution is 6.03. The Morgan fingerprint density at radius 1 is 1.25 bits per heavy atom. The molecule has 1 aliphatic rings. The lowest BCUT2D eigenvalue weighted by Crippen LogP contribution is -2.52. The molecule has 0 aliphatic carbocycles. The van der Waals surface area contributed by atoms with Crippen molar-refractivity contribution in [3.63, 3.8) is 0 Å². The van der Waals surface area contributed by atoms with E-state index in [9.17, 15) is 14.4 Å². The van der Waals surface area contributed by atoms with E-state index in [1.54, 1.807) is 31.0 Å². The van der Waals surface area contributed by atoms with Gasteiger partial charge < -0.3 is 20.9 Å². The molecule has 0 unspecified atom stereocenters. The lowest BCUT2D eigenvalue weighted by Gasteiger charge is -2.37. The van der Waals surface area contributed by atoms with Gasteiger partial charge in [-0.25, -0.2) is 4.98 Å². The van der Waals surface area contributed by atoms with Crippen molar-refractivity contribution in [1.82, 2.24) is 20.2 Å². The van der Waals surface area contributed by atoms with Crippen LogP contribution in [-0.4, -0.2) is 51.7 Å². The number of hydrogen-bond acceptors (Lipinski definition) is 4. The maximum atomic E-state index is 12.5. The van der Waals surface area contributed by atoms with E-state index in [4.69, 9.17) is 5.73 Å². The van der Waals surface area contributed by atoms with E-state index in [0.717, 1.165) is 18.2 Å². The fraction of sp³-hybridized carbons (Fsp3) is 0.500. The predicted molar refractivity (Wildman–Crippen MR) is 105 cm³/mol. The average molecular weight is 385 g/mol. The number of piperidine rings is 1. The highest BCUT2D eigenvalue weighted by Crippen LogP contribution is 2.25. The van der Waals surface area contributed by atoms with Crippen molar-refractivity contribution in [1.29, 1.82) is 0 Å². The van der Waals surface area contributed by atoms with Crippen molar-refractivity contribution in [2.75, 3.05) is 13.1 Å². The zero-order chi connectivity index (χ0) is 20.5.